The van der Waals surface area contributed by atoms with Gasteiger partial charge in [0.05, 0.1) is 6.04 Å². The predicted molar refractivity (Wildman–Crippen MR) is 87.5 cm³/mol. The third kappa shape index (κ3) is 3.05. The van der Waals surface area contributed by atoms with Crippen molar-refractivity contribution in [3.63, 3.8) is 0 Å². The van der Waals surface area contributed by atoms with E-state index in [-0.39, 0.29) is 11.9 Å². The van der Waals surface area contributed by atoms with E-state index in [9.17, 15) is 4.79 Å². The fourth-order valence-corrected chi connectivity index (χ4v) is 3.39. The standard InChI is InChI=1S/C18H22N4O2/c1-11-9-10-19-17(20-11)15(12-7-8-12)21-18(23)16-13-5-3-2-4-6-14(13)24-22-16/h9-10,12,15H,2-8H2,1H3,(H,21,23)/t15-/m0/s1. The molecule has 0 saturated heterocycles. The van der Waals surface area contributed by atoms with E-state index in [0.29, 0.717) is 17.4 Å². The first-order valence-electron chi connectivity index (χ1n) is 8.80. The smallest absolute Gasteiger partial charge is 0.274 e. The molecule has 6 nitrogen and oxygen atoms in total. The van der Waals surface area contributed by atoms with E-state index in [2.05, 4.69) is 20.4 Å². The number of aromatic nitrogens is 3. The largest absolute Gasteiger partial charge is 0.360 e. The van der Waals surface area contributed by atoms with E-state index in [1.807, 2.05) is 13.0 Å². The summed E-state index contributed by atoms with van der Waals surface area (Å²) in [7, 11) is 0. The minimum atomic E-state index is -0.163. The van der Waals surface area contributed by atoms with Gasteiger partial charge in [-0.25, -0.2) is 9.97 Å². The number of aryl methyl sites for hydroxylation is 2. The van der Waals surface area contributed by atoms with E-state index in [1.54, 1.807) is 6.20 Å². The molecule has 0 unspecified atom stereocenters. The summed E-state index contributed by atoms with van der Waals surface area (Å²) in [6.07, 6.45) is 9.05. The molecular formula is C18H22N4O2. The van der Waals surface area contributed by atoms with Gasteiger partial charge in [0, 0.05) is 23.9 Å². The van der Waals surface area contributed by atoms with Crippen molar-refractivity contribution in [1.82, 2.24) is 20.4 Å². The predicted octanol–water partition coefficient (Wildman–Crippen LogP) is 2.92. The van der Waals surface area contributed by atoms with E-state index in [4.69, 9.17) is 4.52 Å². The number of carbonyl (C=O) groups excluding carboxylic acids is 1. The van der Waals surface area contributed by atoms with Gasteiger partial charge >= 0.3 is 0 Å². The number of rotatable bonds is 4. The van der Waals surface area contributed by atoms with Gasteiger partial charge in [-0.3, -0.25) is 4.79 Å². The minimum absolute atomic E-state index is 0.143. The second kappa shape index (κ2) is 6.34. The Morgan fingerprint density at radius 1 is 1.29 bits per heavy atom. The average molecular weight is 326 g/mol. The molecule has 0 aliphatic heterocycles. The molecule has 1 atom stereocenters. The first-order chi connectivity index (χ1) is 11.7. The molecule has 0 radical (unpaired) electrons. The van der Waals surface area contributed by atoms with Crippen LogP contribution >= 0.6 is 0 Å². The summed E-state index contributed by atoms with van der Waals surface area (Å²) in [4.78, 5) is 21.7. The van der Waals surface area contributed by atoms with Crippen LogP contribution in [-0.4, -0.2) is 21.0 Å². The molecule has 2 aromatic heterocycles. The van der Waals surface area contributed by atoms with Crippen LogP contribution in [0.5, 0.6) is 0 Å². The van der Waals surface area contributed by atoms with Crippen molar-refractivity contribution in [2.24, 2.45) is 5.92 Å². The number of fused-ring (bicyclic) bond motifs is 1. The fraction of sp³-hybridized carbons (Fsp3) is 0.556. The molecule has 24 heavy (non-hydrogen) atoms. The average Bonchev–Trinajstić information content (AvgIpc) is 3.37. The lowest BCUT2D eigenvalue weighted by Gasteiger charge is -2.16. The molecule has 0 bridgehead atoms. The topological polar surface area (TPSA) is 80.9 Å². The molecule has 1 saturated carbocycles. The van der Waals surface area contributed by atoms with Crippen molar-refractivity contribution in [3.8, 4) is 0 Å². The maximum Gasteiger partial charge on any atom is 0.274 e. The van der Waals surface area contributed by atoms with E-state index >= 15 is 0 Å². The van der Waals surface area contributed by atoms with Gasteiger partial charge in [0.25, 0.3) is 5.91 Å². The quantitative estimate of drug-likeness (QED) is 0.874. The van der Waals surface area contributed by atoms with Gasteiger partial charge in [0.2, 0.25) is 0 Å². The summed E-state index contributed by atoms with van der Waals surface area (Å²) in [6.45, 7) is 1.94. The minimum Gasteiger partial charge on any atom is -0.360 e. The maximum absolute atomic E-state index is 12.8. The zero-order valence-corrected chi connectivity index (χ0v) is 13.9. The van der Waals surface area contributed by atoms with Crippen molar-refractivity contribution in [2.45, 2.75) is 57.9 Å². The Balaban J connectivity index is 1.57. The summed E-state index contributed by atoms with van der Waals surface area (Å²) in [5.41, 5.74) is 2.35. The molecule has 0 aromatic carbocycles. The molecule has 2 aliphatic rings. The van der Waals surface area contributed by atoms with Gasteiger partial charge in [-0.2, -0.15) is 0 Å². The highest BCUT2D eigenvalue weighted by molar-refractivity contribution is 5.94. The summed E-state index contributed by atoms with van der Waals surface area (Å²) in [5.74, 6) is 1.83. The summed E-state index contributed by atoms with van der Waals surface area (Å²) < 4.78 is 5.43. The normalized spacial score (nSPS) is 18.5. The van der Waals surface area contributed by atoms with Crippen LogP contribution in [0, 0.1) is 12.8 Å². The highest BCUT2D eigenvalue weighted by Crippen LogP contribution is 2.40. The molecule has 1 N–H and O–H groups in total. The Morgan fingerprint density at radius 3 is 2.92 bits per heavy atom. The van der Waals surface area contributed by atoms with Crippen molar-refractivity contribution < 1.29 is 9.32 Å². The van der Waals surface area contributed by atoms with Crippen molar-refractivity contribution in [2.75, 3.05) is 0 Å². The van der Waals surface area contributed by atoms with Crippen LogP contribution in [-0.2, 0) is 12.8 Å². The van der Waals surface area contributed by atoms with Gasteiger partial charge in [0.1, 0.15) is 5.76 Å². The first kappa shape index (κ1) is 15.3. The number of hydrogen-bond donors (Lipinski definition) is 1. The molecule has 1 amide bonds. The highest BCUT2D eigenvalue weighted by atomic mass is 16.5. The van der Waals surface area contributed by atoms with Crippen LogP contribution in [0.1, 0.15) is 71.5 Å². The number of nitrogens with zero attached hydrogens (tertiary/aromatic N) is 3. The van der Waals surface area contributed by atoms with Gasteiger partial charge < -0.3 is 9.84 Å². The summed E-state index contributed by atoms with van der Waals surface area (Å²) >= 11 is 0. The molecule has 126 valence electrons. The Kier molecular flexibility index (Phi) is 4.04. The Hall–Kier alpha value is -2.24. The highest BCUT2D eigenvalue weighted by Gasteiger charge is 2.36. The molecule has 2 aromatic rings. The second-order valence-electron chi connectivity index (χ2n) is 6.84. The maximum atomic E-state index is 12.8. The third-order valence-corrected chi connectivity index (χ3v) is 4.89. The first-order valence-corrected chi connectivity index (χ1v) is 8.80. The molecule has 2 aliphatic carbocycles. The zero-order valence-electron chi connectivity index (χ0n) is 13.9. The number of hydrogen-bond acceptors (Lipinski definition) is 5. The summed E-state index contributed by atoms with van der Waals surface area (Å²) in [6, 6.07) is 1.72. The lowest BCUT2D eigenvalue weighted by atomic mass is 10.1. The number of carbonyl (C=O) groups is 1. The molecular weight excluding hydrogens is 304 g/mol. The van der Waals surface area contributed by atoms with Crippen molar-refractivity contribution in [3.05, 3.63) is 40.8 Å². The summed E-state index contributed by atoms with van der Waals surface area (Å²) in [5, 5.41) is 7.16. The molecule has 6 heteroatoms. The number of amides is 1. The van der Waals surface area contributed by atoms with Crippen molar-refractivity contribution >= 4 is 5.91 Å². The fourth-order valence-electron chi connectivity index (χ4n) is 3.39. The van der Waals surface area contributed by atoms with Crippen LogP contribution < -0.4 is 5.32 Å². The number of nitrogens with one attached hydrogen (secondary N) is 1. The molecule has 2 heterocycles. The Bertz CT molecular complexity index is 751. The van der Waals surface area contributed by atoms with Gasteiger partial charge in [0.15, 0.2) is 11.5 Å². The monoisotopic (exact) mass is 326 g/mol. The van der Waals surface area contributed by atoms with E-state index < -0.39 is 0 Å². The second-order valence-corrected chi connectivity index (χ2v) is 6.84. The molecule has 4 rings (SSSR count). The van der Waals surface area contributed by atoms with Crippen LogP contribution in [0.2, 0.25) is 0 Å². The zero-order chi connectivity index (χ0) is 16.5. The van der Waals surface area contributed by atoms with E-state index in [0.717, 1.165) is 55.5 Å². The molecule has 0 spiro atoms. The van der Waals surface area contributed by atoms with Crippen LogP contribution in [0.3, 0.4) is 0 Å². The third-order valence-electron chi connectivity index (χ3n) is 4.89. The SMILES string of the molecule is Cc1ccnc([C@@H](NC(=O)c2noc3c2CCCCC3)C2CC2)n1. The van der Waals surface area contributed by atoms with Gasteiger partial charge in [-0.15, -0.1) is 0 Å². The van der Waals surface area contributed by atoms with E-state index in [1.165, 1.54) is 6.42 Å². The molecule has 1 fully saturated rings. The van der Waals surface area contributed by atoms with Crippen LogP contribution in [0.4, 0.5) is 0 Å². The van der Waals surface area contributed by atoms with Gasteiger partial charge in [-0.05, 0) is 51.0 Å². The lowest BCUT2D eigenvalue weighted by molar-refractivity contribution is 0.0919. The van der Waals surface area contributed by atoms with Crippen LogP contribution in [0.15, 0.2) is 16.8 Å². The van der Waals surface area contributed by atoms with Crippen molar-refractivity contribution in [1.29, 1.82) is 0 Å². The Labute approximate surface area is 141 Å². The van der Waals surface area contributed by atoms with Crippen LogP contribution in [0.25, 0.3) is 0 Å². The van der Waals surface area contributed by atoms with Gasteiger partial charge in [-0.1, -0.05) is 11.6 Å². The Morgan fingerprint density at radius 2 is 2.12 bits per heavy atom. The lowest BCUT2D eigenvalue weighted by Crippen LogP contribution is -2.32.